The Bertz CT molecular complexity index is 241. The third-order valence-electron chi connectivity index (χ3n) is 2.38. The summed E-state index contributed by atoms with van der Waals surface area (Å²) in [4.78, 5) is 4.05. The Morgan fingerprint density at radius 3 is 3.00 bits per heavy atom. The molecule has 1 aliphatic carbocycles. The zero-order valence-corrected chi connectivity index (χ0v) is 7.33. The first-order valence-corrected chi connectivity index (χ1v) is 4.53. The van der Waals surface area contributed by atoms with E-state index in [2.05, 4.69) is 23.3 Å². The Kier molecular flexibility index (Phi) is 1.98. The first-order valence-electron chi connectivity index (χ1n) is 4.53. The minimum absolute atomic E-state index is 0.606. The molecule has 0 spiro atoms. The number of rotatable bonds is 3. The summed E-state index contributed by atoms with van der Waals surface area (Å²) in [5, 5.41) is 3.44. The fourth-order valence-corrected chi connectivity index (χ4v) is 1.43. The Labute approximate surface area is 73.0 Å². The van der Waals surface area contributed by atoms with Crippen molar-refractivity contribution in [1.29, 1.82) is 0 Å². The standard InChI is InChI=1S/C10H14N2/c1-8(9-4-5-9)12-10-3-2-6-11-7-10/h2-3,6-9,12H,4-5H2,1H3. The van der Waals surface area contributed by atoms with Gasteiger partial charge in [0.15, 0.2) is 0 Å². The summed E-state index contributed by atoms with van der Waals surface area (Å²) in [5.41, 5.74) is 1.14. The third-order valence-corrected chi connectivity index (χ3v) is 2.38. The molecule has 0 aliphatic heterocycles. The number of hydrogen-bond donors (Lipinski definition) is 1. The lowest BCUT2D eigenvalue weighted by Gasteiger charge is -2.13. The maximum Gasteiger partial charge on any atom is 0.0528 e. The van der Waals surface area contributed by atoms with E-state index in [0.29, 0.717) is 6.04 Å². The van der Waals surface area contributed by atoms with Crippen LogP contribution in [0.15, 0.2) is 24.5 Å². The number of aromatic nitrogens is 1. The predicted octanol–water partition coefficient (Wildman–Crippen LogP) is 2.29. The van der Waals surface area contributed by atoms with Crippen molar-refractivity contribution < 1.29 is 0 Å². The molecule has 1 unspecified atom stereocenters. The van der Waals surface area contributed by atoms with E-state index >= 15 is 0 Å². The second-order valence-electron chi connectivity index (χ2n) is 3.51. The van der Waals surface area contributed by atoms with Crippen molar-refractivity contribution in [3.63, 3.8) is 0 Å². The van der Waals surface area contributed by atoms with Gasteiger partial charge in [0.05, 0.1) is 5.69 Å². The summed E-state index contributed by atoms with van der Waals surface area (Å²) < 4.78 is 0. The molecule has 0 saturated heterocycles. The molecule has 0 aromatic carbocycles. The summed E-state index contributed by atoms with van der Waals surface area (Å²) in [7, 11) is 0. The molecule has 1 aliphatic rings. The topological polar surface area (TPSA) is 24.9 Å². The van der Waals surface area contributed by atoms with Crippen molar-refractivity contribution in [2.45, 2.75) is 25.8 Å². The van der Waals surface area contributed by atoms with Gasteiger partial charge in [-0.2, -0.15) is 0 Å². The number of hydrogen-bond acceptors (Lipinski definition) is 2. The van der Waals surface area contributed by atoms with Gasteiger partial charge in [-0.15, -0.1) is 0 Å². The predicted molar refractivity (Wildman–Crippen MR) is 50.0 cm³/mol. The minimum Gasteiger partial charge on any atom is -0.381 e. The molecule has 0 radical (unpaired) electrons. The van der Waals surface area contributed by atoms with E-state index in [1.807, 2.05) is 12.3 Å². The SMILES string of the molecule is CC(Nc1cccnc1)C1CC1. The lowest BCUT2D eigenvalue weighted by atomic mass is 10.2. The largest absolute Gasteiger partial charge is 0.381 e. The van der Waals surface area contributed by atoms with Crippen molar-refractivity contribution >= 4 is 5.69 Å². The van der Waals surface area contributed by atoms with Crippen LogP contribution in [0.5, 0.6) is 0 Å². The average Bonchev–Trinajstić information content (AvgIpc) is 2.88. The first kappa shape index (κ1) is 7.59. The fraction of sp³-hybridized carbons (Fsp3) is 0.500. The Hall–Kier alpha value is -1.05. The Morgan fingerprint density at radius 1 is 1.58 bits per heavy atom. The monoisotopic (exact) mass is 162 g/mol. The van der Waals surface area contributed by atoms with Crippen molar-refractivity contribution in [3.05, 3.63) is 24.5 Å². The highest BCUT2D eigenvalue weighted by molar-refractivity contribution is 5.40. The highest BCUT2D eigenvalue weighted by Gasteiger charge is 2.27. The Balaban J connectivity index is 1.94. The van der Waals surface area contributed by atoms with E-state index in [-0.39, 0.29) is 0 Å². The van der Waals surface area contributed by atoms with Crippen molar-refractivity contribution in [2.75, 3.05) is 5.32 Å². The van der Waals surface area contributed by atoms with Crippen LogP contribution in [0.1, 0.15) is 19.8 Å². The molecule has 1 aromatic rings. The van der Waals surface area contributed by atoms with Crippen LogP contribution in [0.2, 0.25) is 0 Å². The molecule has 0 bridgehead atoms. The van der Waals surface area contributed by atoms with E-state index in [9.17, 15) is 0 Å². The van der Waals surface area contributed by atoms with Gasteiger partial charge >= 0.3 is 0 Å². The minimum atomic E-state index is 0.606. The van der Waals surface area contributed by atoms with Crippen molar-refractivity contribution in [1.82, 2.24) is 4.98 Å². The van der Waals surface area contributed by atoms with Crippen LogP contribution < -0.4 is 5.32 Å². The second kappa shape index (κ2) is 3.13. The highest BCUT2D eigenvalue weighted by atomic mass is 14.9. The van der Waals surface area contributed by atoms with Gasteiger partial charge in [0.2, 0.25) is 0 Å². The zero-order chi connectivity index (χ0) is 8.39. The number of nitrogens with zero attached hydrogens (tertiary/aromatic N) is 1. The van der Waals surface area contributed by atoms with Gasteiger partial charge < -0.3 is 5.32 Å². The average molecular weight is 162 g/mol. The molecule has 0 amide bonds. The van der Waals surface area contributed by atoms with Gasteiger partial charge in [0.25, 0.3) is 0 Å². The van der Waals surface area contributed by atoms with Gasteiger partial charge in [-0.3, -0.25) is 4.98 Å². The highest BCUT2D eigenvalue weighted by Crippen LogP contribution is 2.33. The molecular weight excluding hydrogens is 148 g/mol. The molecule has 1 fully saturated rings. The quantitative estimate of drug-likeness (QED) is 0.737. The van der Waals surface area contributed by atoms with Crippen LogP contribution in [0.25, 0.3) is 0 Å². The lowest BCUT2D eigenvalue weighted by Crippen LogP contribution is -2.17. The maximum atomic E-state index is 4.05. The van der Waals surface area contributed by atoms with Crippen LogP contribution in [0.3, 0.4) is 0 Å². The Morgan fingerprint density at radius 2 is 2.42 bits per heavy atom. The van der Waals surface area contributed by atoms with Gasteiger partial charge in [0.1, 0.15) is 0 Å². The maximum absolute atomic E-state index is 4.05. The van der Waals surface area contributed by atoms with Gasteiger partial charge in [-0.1, -0.05) is 0 Å². The molecule has 1 atom stereocenters. The molecule has 1 saturated carbocycles. The molecule has 2 heteroatoms. The fourth-order valence-electron chi connectivity index (χ4n) is 1.43. The van der Waals surface area contributed by atoms with E-state index < -0.39 is 0 Å². The summed E-state index contributed by atoms with van der Waals surface area (Å²) in [5.74, 6) is 0.894. The van der Waals surface area contributed by atoms with Gasteiger partial charge in [-0.05, 0) is 37.8 Å². The van der Waals surface area contributed by atoms with E-state index in [4.69, 9.17) is 0 Å². The summed E-state index contributed by atoms with van der Waals surface area (Å²) in [6.45, 7) is 2.24. The smallest absolute Gasteiger partial charge is 0.0528 e. The van der Waals surface area contributed by atoms with Gasteiger partial charge in [0, 0.05) is 18.4 Å². The van der Waals surface area contributed by atoms with E-state index in [0.717, 1.165) is 11.6 Å². The molecule has 2 nitrogen and oxygen atoms in total. The summed E-state index contributed by atoms with van der Waals surface area (Å²) in [6, 6.07) is 4.63. The summed E-state index contributed by atoms with van der Waals surface area (Å²) in [6.07, 6.45) is 6.44. The first-order chi connectivity index (χ1) is 5.86. The molecular formula is C10H14N2. The van der Waals surface area contributed by atoms with Gasteiger partial charge in [-0.25, -0.2) is 0 Å². The molecule has 12 heavy (non-hydrogen) atoms. The normalized spacial score (nSPS) is 18.8. The zero-order valence-electron chi connectivity index (χ0n) is 7.33. The number of pyridine rings is 1. The van der Waals surface area contributed by atoms with Crippen LogP contribution in [-0.4, -0.2) is 11.0 Å². The number of anilines is 1. The lowest BCUT2D eigenvalue weighted by molar-refractivity contribution is 0.694. The van der Waals surface area contributed by atoms with Crippen LogP contribution in [-0.2, 0) is 0 Å². The second-order valence-corrected chi connectivity index (χ2v) is 3.51. The third kappa shape index (κ3) is 1.76. The van der Waals surface area contributed by atoms with Crippen LogP contribution in [0, 0.1) is 5.92 Å². The van der Waals surface area contributed by atoms with Crippen molar-refractivity contribution in [3.8, 4) is 0 Å². The molecule has 1 N–H and O–H groups in total. The van der Waals surface area contributed by atoms with Crippen molar-refractivity contribution in [2.24, 2.45) is 5.92 Å². The summed E-state index contributed by atoms with van der Waals surface area (Å²) >= 11 is 0. The molecule has 1 heterocycles. The molecule has 64 valence electrons. The van der Waals surface area contributed by atoms with Crippen LogP contribution >= 0.6 is 0 Å². The number of nitrogens with one attached hydrogen (secondary N) is 1. The molecule has 2 rings (SSSR count). The van der Waals surface area contributed by atoms with E-state index in [1.165, 1.54) is 12.8 Å². The molecule has 1 aromatic heterocycles. The van der Waals surface area contributed by atoms with E-state index in [1.54, 1.807) is 6.20 Å². The van der Waals surface area contributed by atoms with Crippen LogP contribution in [0.4, 0.5) is 5.69 Å².